The van der Waals surface area contributed by atoms with Crippen LogP contribution in [0.3, 0.4) is 0 Å². The molecule has 6 heteroatoms. The van der Waals surface area contributed by atoms with Crippen LogP contribution in [0.4, 0.5) is 11.4 Å². The molecular weight excluding hydrogens is 258 g/mol. The van der Waals surface area contributed by atoms with Crippen LogP contribution in [0.25, 0.3) is 21.8 Å². The van der Waals surface area contributed by atoms with Crippen LogP contribution in [0.1, 0.15) is 0 Å². The van der Waals surface area contributed by atoms with Gasteiger partial charge in [0.2, 0.25) is 0 Å². The van der Waals surface area contributed by atoms with Gasteiger partial charge in [-0.05, 0) is 18.2 Å². The van der Waals surface area contributed by atoms with Crippen molar-refractivity contribution in [2.45, 2.75) is 0 Å². The third-order valence-electron chi connectivity index (χ3n) is 3.31. The lowest BCUT2D eigenvalue weighted by molar-refractivity contribution is -0.383. The molecule has 6 nitrogen and oxygen atoms in total. The van der Waals surface area contributed by atoms with Crippen LogP contribution >= 0.6 is 0 Å². The number of anilines is 1. The Balaban J connectivity index is 2.62. The first-order chi connectivity index (χ1) is 9.63. The normalized spacial score (nSPS) is 10.8. The maximum atomic E-state index is 12.6. The summed E-state index contributed by atoms with van der Waals surface area (Å²) >= 11 is 0. The Morgan fingerprint density at radius 2 is 1.95 bits per heavy atom. The Morgan fingerprint density at radius 1 is 1.20 bits per heavy atom. The predicted molar refractivity (Wildman–Crippen MR) is 78.3 cm³/mol. The predicted octanol–water partition coefficient (Wildman–Crippen LogP) is 2.63. The largest absolute Gasteiger partial charge is 0.387 e. The summed E-state index contributed by atoms with van der Waals surface area (Å²) in [4.78, 5) is 26.2. The molecule has 3 aromatic rings. The number of nitro benzene ring substituents is 1. The highest BCUT2D eigenvalue weighted by molar-refractivity contribution is 6.02. The van der Waals surface area contributed by atoms with Gasteiger partial charge in [-0.3, -0.25) is 14.9 Å². The topological polar surface area (TPSA) is 88.0 Å². The zero-order valence-electron chi connectivity index (χ0n) is 10.6. The minimum atomic E-state index is -0.494. The van der Waals surface area contributed by atoms with Gasteiger partial charge in [0.15, 0.2) is 5.43 Å². The number of fused-ring (bicyclic) bond motifs is 2. The first-order valence-electron chi connectivity index (χ1n) is 6.03. The van der Waals surface area contributed by atoms with Gasteiger partial charge >= 0.3 is 0 Å². The number of benzene rings is 2. The summed E-state index contributed by atoms with van der Waals surface area (Å²) in [5, 5.41) is 14.8. The van der Waals surface area contributed by atoms with Gasteiger partial charge in [0.1, 0.15) is 5.52 Å². The monoisotopic (exact) mass is 269 g/mol. The summed E-state index contributed by atoms with van der Waals surface area (Å²) in [5.41, 5.74) is 1.06. The highest BCUT2D eigenvalue weighted by Crippen LogP contribution is 2.29. The van der Waals surface area contributed by atoms with Gasteiger partial charge in [-0.15, -0.1) is 0 Å². The second kappa shape index (κ2) is 4.34. The molecule has 1 aromatic heterocycles. The van der Waals surface area contributed by atoms with Gasteiger partial charge in [-0.2, -0.15) is 0 Å². The summed E-state index contributed by atoms with van der Waals surface area (Å²) in [6, 6.07) is 9.90. The Bertz CT molecular complexity index is 899. The Kier molecular flexibility index (Phi) is 2.64. The van der Waals surface area contributed by atoms with E-state index in [1.807, 2.05) is 0 Å². The molecule has 0 fully saturated rings. The smallest absolute Gasteiger partial charge is 0.293 e. The van der Waals surface area contributed by atoms with E-state index in [1.165, 1.54) is 6.07 Å². The first kappa shape index (κ1) is 12.2. The molecule has 20 heavy (non-hydrogen) atoms. The van der Waals surface area contributed by atoms with Crippen molar-refractivity contribution < 1.29 is 4.92 Å². The lowest BCUT2D eigenvalue weighted by Gasteiger charge is -2.08. The molecule has 0 aliphatic carbocycles. The van der Waals surface area contributed by atoms with Crippen LogP contribution in [-0.2, 0) is 0 Å². The molecule has 2 N–H and O–H groups in total. The van der Waals surface area contributed by atoms with Gasteiger partial charge in [-0.25, -0.2) is 0 Å². The lowest BCUT2D eigenvalue weighted by atomic mass is 10.1. The summed E-state index contributed by atoms with van der Waals surface area (Å²) in [6.45, 7) is 0. The SMILES string of the molecule is CNc1ccc([N+](=O)[O-])c2[nH]c3ccccc3c(=O)c12. The third kappa shape index (κ3) is 1.62. The van der Waals surface area contributed by atoms with E-state index in [0.29, 0.717) is 22.0 Å². The van der Waals surface area contributed by atoms with Crippen molar-refractivity contribution in [3.05, 3.63) is 56.7 Å². The summed E-state index contributed by atoms with van der Waals surface area (Å²) < 4.78 is 0. The van der Waals surface area contributed by atoms with Gasteiger partial charge < -0.3 is 10.3 Å². The van der Waals surface area contributed by atoms with Gasteiger partial charge in [0.25, 0.3) is 5.69 Å². The number of aromatic amines is 1. The fourth-order valence-corrected chi connectivity index (χ4v) is 2.37. The molecule has 0 spiro atoms. The fraction of sp³-hybridized carbons (Fsp3) is 0.0714. The Morgan fingerprint density at radius 3 is 2.65 bits per heavy atom. The number of H-pyrrole nitrogens is 1. The number of hydrogen-bond donors (Lipinski definition) is 2. The average Bonchev–Trinajstić information content (AvgIpc) is 2.46. The molecule has 100 valence electrons. The second-order valence-corrected chi connectivity index (χ2v) is 4.39. The van der Waals surface area contributed by atoms with E-state index >= 15 is 0 Å². The van der Waals surface area contributed by atoms with Crippen molar-refractivity contribution in [3.63, 3.8) is 0 Å². The summed E-state index contributed by atoms with van der Waals surface area (Å²) in [5.74, 6) is 0. The van der Waals surface area contributed by atoms with E-state index in [4.69, 9.17) is 0 Å². The second-order valence-electron chi connectivity index (χ2n) is 4.39. The number of non-ortho nitro benzene ring substituents is 1. The van der Waals surface area contributed by atoms with Crippen molar-refractivity contribution in [2.24, 2.45) is 0 Å². The van der Waals surface area contributed by atoms with Gasteiger partial charge in [-0.1, -0.05) is 12.1 Å². The van der Waals surface area contributed by atoms with Crippen LogP contribution in [0.5, 0.6) is 0 Å². The highest BCUT2D eigenvalue weighted by Gasteiger charge is 2.18. The highest BCUT2D eigenvalue weighted by atomic mass is 16.6. The van der Waals surface area contributed by atoms with E-state index in [9.17, 15) is 14.9 Å². The van der Waals surface area contributed by atoms with Crippen molar-refractivity contribution in [1.29, 1.82) is 0 Å². The van der Waals surface area contributed by atoms with E-state index in [0.717, 1.165) is 0 Å². The molecule has 0 radical (unpaired) electrons. The molecule has 0 unspecified atom stereocenters. The van der Waals surface area contributed by atoms with Gasteiger partial charge in [0.05, 0.1) is 10.3 Å². The molecule has 2 aromatic carbocycles. The molecule has 0 amide bonds. The molecule has 3 rings (SSSR count). The average molecular weight is 269 g/mol. The molecule has 0 saturated carbocycles. The quantitative estimate of drug-likeness (QED) is 0.425. The Labute approximate surface area is 113 Å². The molecule has 1 heterocycles. The van der Waals surface area contributed by atoms with Crippen LogP contribution in [-0.4, -0.2) is 17.0 Å². The zero-order valence-corrected chi connectivity index (χ0v) is 10.6. The minimum absolute atomic E-state index is 0.109. The number of nitrogens with zero attached hydrogens (tertiary/aromatic N) is 1. The van der Waals surface area contributed by atoms with Crippen LogP contribution in [0, 0.1) is 10.1 Å². The summed E-state index contributed by atoms with van der Waals surface area (Å²) in [6.07, 6.45) is 0. The minimum Gasteiger partial charge on any atom is -0.387 e. The van der Waals surface area contributed by atoms with Crippen LogP contribution in [0.2, 0.25) is 0 Å². The number of hydrogen-bond acceptors (Lipinski definition) is 4. The van der Waals surface area contributed by atoms with Crippen molar-refractivity contribution in [3.8, 4) is 0 Å². The van der Waals surface area contributed by atoms with Gasteiger partial charge in [0, 0.05) is 29.7 Å². The molecule has 0 aliphatic heterocycles. The molecule has 0 bridgehead atoms. The van der Waals surface area contributed by atoms with E-state index in [2.05, 4.69) is 10.3 Å². The van der Waals surface area contributed by atoms with E-state index in [1.54, 1.807) is 37.4 Å². The molecular formula is C14H11N3O3. The van der Waals surface area contributed by atoms with Crippen molar-refractivity contribution in [1.82, 2.24) is 4.98 Å². The Hall–Kier alpha value is -2.89. The zero-order chi connectivity index (χ0) is 14.3. The molecule has 0 saturated heterocycles. The number of nitrogens with one attached hydrogen (secondary N) is 2. The van der Waals surface area contributed by atoms with Crippen molar-refractivity contribution >= 4 is 33.2 Å². The number of rotatable bonds is 2. The van der Waals surface area contributed by atoms with E-state index in [-0.39, 0.29) is 16.6 Å². The number of nitro groups is 1. The first-order valence-corrected chi connectivity index (χ1v) is 6.03. The number of aromatic nitrogens is 1. The van der Waals surface area contributed by atoms with Crippen molar-refractivity contribution in [2.75, 3.05) is 12.4 Å². The van der Waals surface area contributed by atoms with Crippen LogP contribution < -0.4 is 10.7 Å². The number of para-hydroxylation sites is 1. The maximum Gasteiger partial charge on any atom is 0.293 e. The summed E-state index contributed by atoms with van der Waals surface area (Å²) in [7, 11) is 1.68. The molecule has 0 aliphatic rings. The van der Waals surface area contributed by atoms with E-state index < -0.39 is 4.92 Å². The lowest BCUT2D eigenvalue weighted by Crippen LogP contribution is -2.08. The third-order valence-corrected chi connectivity index (χ3v) is 3.31. The standard InChI is InChI=1S/C14H11N3O3/c1-15-10-6-7-11(17(19)20)13-12(10)14(18)8-4-2-3-5-9(8)16-13/h2-7,15H,1H3,(H,16,18). The molecule has 0 atom stereocenters. The number of pyridine rings is 1. The van der Waals surface area contributed by atoms with Crippen LogP contribution in [0.15, 0.2) is 41.2 Å². The fourth-order valence-electron chi connectivity index (χ4n) is 2.37. The maximum absolute atomic E-state index is 12.6.